The van der Waals surface area contributed by atoms with E-state index in [0.29, 0.717) is 42.4 Å². The van der Waals surface area contributed by atoms with E-state index in [1.807, 2.05) is 18.2 Å². The minimum Gasteiger partial charge on any atom is -0.493 e. The summed E-state index contributed by atoms with van der Waals surface area (Å²) in [5, 5.41) is 0. The number of rotatable bonds is 7. The smallest absolute Gasteiger partial charge is 0.252 e. The van der Waals surface area contributed by atoms with Crippen molar-refractivity contribution in [3.8, 4) is 11.5 Å². The molecule has 0 fully saturated rings. The molecular formula is C16H18N2O3. The van der Waals surface area contributed by atoms with Gasteiger partial charge in [-0.1, -0.05) is 24.3 Å². The quantitative estimate of drug-likeness (QED) is 0.603. The maximum absolute atomic E-state index is 11.2. The molecule has 0 aliphatic carbocycles. The fourth-order valence-electron chi connectivity index (χ4n) is 1.83. The SMILES string of the molecule is NC(=O)c1ccccc1OCCCOc1ccccc1N. The number of carbonyl (C=O) groups is 1. The van der Waals surface area contributed by atoms with Crippen LogP contribution in [0.2, 0.25) is 0 Å². The second-order valence-corrected chi connectivity index (χ2v) is 4.45. The summed E-state index contributed by atoms with van der Waals surface area (Å²) in [6, 6.07) is 14.2. The van der Waals surface area contributed by atoms with Gasteiger partial charge in [0.15, 0.2) is 0 Å². The Kier molecular flexibility index (Phi) is 5.04. The van der Waals surface area contributed by atoms with Gasteiger partial charge in [-0.2, -0.15) is 0 Å². The monoisotopic (exact) mass is 286 g/mol. The third-order valence-corrected chi connectivity index (χ3v) is 2.88. The van der Waals surface area contributed by atoms with Gasteiger partial charge in [0.2, 0.25) is 0 Å². The predicted molar refractivity (Wildman–Crippen MR) is 81.4 cm³/mol. The van der Waals surface area contributed by atoms with Crippen LogP contribution in [0.15, 0.2) is 48.5 Å². The molecule has 2 rings (SSSR count). The van der Waals surface area contributed by atoms with Gasteiger partial charge in [-0.25, -0.2) is 0 Å². The van der Waals surface area contributed by atoms with Crippen molar-refractivity contribution < 1.29 is 14.3 Å². The molecule has 0 aliphatic heterocycles. The highest BCUT2D eigenvalue weighted by atomic mass is 16.5. The lowest BCUT2D eigenvalue weighted by Crippen LogP contribution is -2.14. The van der Waals surface area contributed by atoms with Crippen LogP contribution in [0.5, 0.6) is 11.5 Å². The van der Waals surface area contributed by atoms with Gasteiger partial charge >= 0.3 is 0 Å². The minimum absolute atomic E-state index is 0.380. The molecule has 0 saturated heterocycles. The number of amides is 1. The number of hydrogen-bond acceptors (Lipinski definition) is 4. The summed E-state index contributed by atoms with van der Waals surface area (Å²) < 4.78 is 11.1. The van der Waals surface area contributed by atoms with Crippen LogP contribution in [-0.4, -0.2) is 19.1 Å². The van der Waals surface area contributed by atoms with Crippen LogP contribution in [0, 0.1) is 0 Å². The molecule has 5 nitrogen and oxygen atoms in total. The first kappa shape index (κ1) is 14.7. The first-order chi connectivity index (χ1) is 10.2. The lowest BCUT2D eigenvalue weighted by molar-refractivity contribution is 0.0996. The Labute approximate surface area is 123 Å². The van der Waals surface area contributed by atoms with Gasteiger partial charge in [0.05, 0.1) is 24.5 Å². The average Bonchev–Trinajstić information content (AvgIpc) is 2.49. The van der Waals surface area contributed by atoms with E-state index in [4.69, 9.17) is 20.9 Å². The number of nitrogen functional groups attached to an aromatic ring is 1. The first-order valence-electron chi connectivity index (χ1n) is 6.67. The Morgan fingerprint density at radius 2 is 1.48 bits per heavy atom. The molecule has 4 N–H and O–H groups in total. The lowest BCUT2D eigenvalue weighted by Gasteiger charge is -2.11. The molecule has 1 amide bonds. The second kappa shape index (κ2) is 7.19. The number of hydrogen-bond donors (Lipinski definition) is 2. The standard InChI is InChI=1S/C16H18N2O3/c17-13-7-2-4-9-15(13)21-11-5-10-20-14-8-3-1-6-12(14)16(18)19/h1-4,6-9H,5,10-11,17H2,(H2,18,19). The van der Waals surface area contributed by atoms with Gasteiger partial charge in [-0.3, -0.25) is 4.79 Å². The van der Waals surface area contributed by atoms with Gasteiger partial charge in [-0.05, 0) is 24.3 Å². The molecule has 0 aliphatic rings. The molecule has 0 radical (unpaired) electrons. The van der Waals surface area contributed by atoms with E-state index in [1.54, 1.807) is 30.3 Å². The number of anilines is 1. The second-order valence-electron chi connectivity index (χ2n) is 4.45. The summed E-state index contributed by atoms with van der Waals surface area (Å²) in [7, 11) is 0. The van der Waals surface area contributed by atoms with Crippen LogP contribution < -0.4 is 20.9 Å². The summed E-state index contributed by atoms with van der Waals surface area (Å²) in [6.07, 6.45) is 0.668. The molecule has 0 heterocycles. The zero-order chi connectivity index (χ0) is 15.1. The van der Waals surface area contributed by atoms with Gasteiger partial charge < -0.3 is 20.9 Å². The molecule has 110 valence electrons. The van der Waals surface area contributed by atoms with E-state index in [9.17, 15) is 4.79 Å². The van der Waals surface area contributed by atoms with E-state index in [-0.39, 0.29) is 0 Å². The molecule has 5 heteroatoms. The topological polar surface area (TPSA) is 87.6 Å². The van der Waals surface area contributed by atoms with Crippen LogP contribution in [0.1, 0.15) is 16.8 Å². The Hall–Kier alpha value is -2.69. The normalized spacial score (nSPS) is 10.1. The van der Waals surface area contributed by atoms with Crippen molar-refractivity contribution in [3.05, 3.63) is 54.1 Å². The van der Waals surface area contributed by atoms with Crippen molar-refractivity contribution in [3.63, 3.8) is 0 Å². The number of para-hydroxylation sites is 3. The number of benzene rings is 2. The Bertz CT molecular complexity index is 614. The molecule has 0 saturated carbocycles. The van der Waals surface area contributed by atoms with Crippen molar-refractivity contribution in [2.24, 2.45) is 5.73 Å². The fraction of sp³-hybridized carbons (Fsp3) is 0.188. The number of carbonyl (C=O) groups excluding carboxylic acids is 1. The van der Waals surface area contributed by atoms with Crippen molar-refractivity contribution in [2.45, 2.75) is 6.42 Å². The molecule has 2 aromatic carbocycles. The third-order valence-electron chi connectivity index (χ3n) is 2.88. The van der Waals surface area contributed by atoms with E-state index >= 15 is 0 Å². The summed E-state index contributed by atoms with van der Waals surface area (Å²) in [4.78, 5) is 11.2. The summed E-state index contributed by atoms with van der Waals surface area (Å²) >= 11 is 0. The molecule has 0 spiro atoms. The van der Waals surface area contributed by atoms with Gasteiger partial charge in [0, 0.05) is 6.42 Å². The largest absolute Gasteiger partial charge is 0.493 e. The van der Waals surface area contributed by atoms with E-state index in [1.165, 1.54) is 0 Å². The van der Waals surface area contributed by atoms with Gasteiger partial charge in [-0.15, -0.1) is 0 Å². The minimum atomic E-state index is -0.501. The van der Waals surface area contributed by atoms with Crippen LogP contribution in [-0.2, 0) is 0 Å². The number of ether oxygens (including phenoxy) is 2. The molecule has 21 heavy (non-hydrogen) atoms. The maximum atomic E-state index is 11.2. The van der Waals surface area contributed by atoms with Gasteiger partial charge in [0.25, 0.3) is 5.91 Å². The van der Waals surface area contributed by atoms with E-state index in [0.717, 1.165) is 0 Å². The average molecular weight is 286 g/mol. The zero-order valence-corrected chi connectivity index (χ0v) is 11.6. The Morgan fingerprint density at radius 1 is 0.905 bits per heavy atom. The van der Waals surface area contributed by atoms with Crippen molar-refractivity contribution in [1.82, 2.24) is 0 Å². The lowest BCUT2D eigenvalue weighted by atomic mass is 10.2. The van der Waals surface area contributed by atoms with Crippen molar-refractivity contribution in [2.75, 3.05) is 18.9 Å². The highest BCUT2D eigenvalue weighted by Crippen LogP contribution is 2.20. The van der Waals surface area contributed by atoms with Crippen molar-refractivity contribution >= 4 is 11.6 Å². The maximum Gasteiger partial charge on any atom is 0.252 e. The third kappa shape index (κ3) is 4.14. The molecule has 2 aromatic rings. The number of nitrogens with two attached hydrogens (primary N) is 2. The summed E-state index contributed by atoms with van der Waals surface area (Å²) in [5.74, 6) is 0.651. The van der Waals surface area contributed by atoms with E-state index < -0.39 is 5.91 Å². The van der Waals surface area contributed by atoms with Crippen LogP contribution >= 0.6 is 0 Å². The summed E-state index contributed by atoms with van der Waals surface area (Å²) in [5.41, 5.74) is 12.0. The zero-order valence-electron chi connectivity index (χ0n) is 11.6. The first-order valence-corrected chi connectivity index (χ1v) is 6.67. The molecular weight excluding hydrogens is 268 g/mol. The molecule has 0 bridgehead atoms. The Balaban J connectivity index is 1.78. The van der Waals surface area contributed by atoms with Crippen LogP contribution in [0.3, 0.4) is 0 Å². The Morgan fingerprint density at radius 3 is 2.14 bits per heavy atom. The number of primary amides is 1. The molecule has 0 unspecified atom stereocenters. The molecule has 0 aromatic heterocycles. The highest BCUT2D eigenvalue weighted by molar-refractivity contribution is 5.95. The highest BCUT2D eigenvalue weighted by Gasteiger charge is 2.07. The van der Waals surface area contributed by atoms with Crippen LogP contribution in [0.25, 0.3) is 0 Å². The predicted octanol–water partition coefficient (Wildman–Crippen LogP) is 2.22. The van der Waals surface area contributed by atoms with Gasteiger partial charge in [0.1, 0.15) is 11.5 Å². The van der Waals surface area contributed by atoms with Crippen LogP contribution in [0.4, 0.5) is 5.69 Å². The fourth-order valence-corrected chi connectivity index (χ4v) is 1.83. The molecule has 0 atom stereocenters. The van der Waals surface area contributed by atoms with Crippen molar-refractivity contribution in [1.29, 1.82) is 0 Å². The summed E-state index contributed by atoms with van der Waals surface area (Å²) in [6.45, 7) is 0.907. The van der Waals surface area contributed by atoms with E-state index in [2.05, 4.69) is 0 Å².